The van der Waals surface area contributed by atoms with Crippen LogP contribution in [0.1, 0.15) is 82.5 Å². The number of imidazole rings is 1. The number of hydrogen-bond acceptors (Lipinski definition) is 2. The second-order valence-electron chi connectivity index (χ2n) is 6.42. The molecule has 3 rings (SSSR count). The van der Waals surface area contributed by atoms with Gasteiger partial charge < -0.3 is 9.88 Å². The fraction of sp³-hybridized carbons (Fsp3) is 0.812. The Morgan fingerprint density at radius 3 is 2.58 bits per heavy atom. The molecule has 1 aromatic heterocycles. The van der Waals surface area contributed by atoms with E-state index in [0.29, 0.717) is 18.1 Å². The molecular formula is C16H27N3. The summed E-state index contributed by atoms with van der Waals surface area (Å²) in [6.07, 6.45) is 16.4. The molecule has 2 atom stereocenters. The van der Waals surface area contributed by atoms with E-state index in [1.165, 1.54) is 63.5 Å². The van der Waals surface area contributed by atoms with Gasteiger partial charge in [-0.1, -0.05) is 25.7 Å². The number of nitrogens with one attached hydrogen (secondary N) is 1. The zero-order valence-corrected chi connectivity index (χ0v) is 12.1. The van der Waals surface area contributed by atoms with Gasteiger partial charge in [0.1, 0.15) is 0 Å². The highest BCUT2D eigenvalue weighted by atomic mass is 15.1. The van der Waals surface area contributed by atoms with Gasteiger partial charge in [-0.2, -0.15) is 0 Å². The number of nitrogens with zero attached hydrogens (tertiary/aromatic N) is 2. The van der Waals surface area contributed by atoms with Crippen LogP contribution >= 0.6 is 0 Å². The summed E-state index contributed by atoms with van der Waals surface area (Å²) < 4.78 is 2.49. The molecule has 0 aromatic carbocycles. The highest BCUT2D eigenvalue weighted by Crippen LogP contribution is 2.32. The lowest BCUT2D eigenvalue weighted by molar-refractivity contribution is 0.317. The van der Waals surface area contributed by atoms with Gasteiger partial charge in [-0.15, -0.1) is 0 Å². The van der Waals surface area contributed by atoms with E-state index in [2.05, 4.69) is 34.3 Å². The molecule has 2 heterocycles. The van der Waals surface area contributed by atoms with Crippen LogP contribution in [0.15, 0.2) is 12.5 Å². The van der Waals surface area contributed by atoms with Crippen molar-refractivity contribution in [3.05, 3.63) is 18.2 Å². The minimum absolute atomic E-state index is 0.523. The summed E-state index contributed by atoms with van der Waals surface area (Å²) in [5, 5.41) is 3.75. The van der Waals surface area contributed by atoms with E-state index in [0.717, 1.165) is 0 Å². The lowest BCUT2D eigenvalue weighted by Crippen LogP contribution is -2.36. The molecule has 1 aliphatic carbocycles. The number of hydrogen-bond donors (Lipinski definition) is 1. The molecule has 1 aromatic rings. The van der Waals surface area contributed by atoms with Crippen LogP contribution in [0.3, 0.4) is 0 Å². The quantitative estimate of drug-likeness (QED) is 0.816. The summed E-state index contributed by atoms with van der Waals surface area (Å²) >= 11 is 0. The maximum absolute atomic E-state index is 4.45. The molecule has 2 fully saturated rings. The van der Waals surface area contributed by atoms with Crippen molar-refractivity contribution >= 4 is 0 Å². The average Bonchev–Trinajstić information content (AvgIpc) is 2.75. The van der Waals surface area contributed by atoms with Gasteiger partial charge in [-0.25, -0.2) is 4.98 Å². The van der Waals surface area contributed by atoms with Crippen LogP contribution in [-0.4, -0.2) is 15.6 Å². The van der Waals surface area contributed by atoms with Crippen molar-refractivity contribution in [1.29, 1.82) is 0 Å². The van der Waals surface area contributed by atoms with Gasteiger partial charge in [0.25, 0.3) is 0 Å². The fourth-order valence-electron chi connectivity index (χ4n) is 3.80. The van der Waals surface area contributed by atoms with Crippen LogP contribution < -0.4 is 5.32 Å². The second-order valence-corrected chi connectivity index (χ2v) is 6.42. The number of aromatic nitrogens is 2. The topological polar surface area (TPSA) is 29.9 Å². The van der Waals surface area contributed by atoms with Crippen molar-refractivity contribution in [2.75, 3.05) is 0 Å². The van der Waals surface area contributed by atoms with Crippen LogP contribution in [0.2, 0.25) is 0 Å². The molecule has 1 saturated carbocycles. The fourth-order valence-corrected chi connectivity index (χ4v) is 3.80. The zero-order chi connectivity index (χ0) is 13.1. The lowest BCUT2D eigenvalue weighted by atomic mass is 9.97. The summed E-state index contributed by atoms with van der Waals surface area (Å²) in [7, 11) is 0. The lowest BCUT2D eigenvalue weighted by Gasteiger charge is -2.31. The first-order valence-corrected chi connectivity index (χ1v) is 8.12. The Balaban J connectivity index is 1.77. The highest BCUT2D eigenvalue weighted by Gasteiger charge is 2.24. The molecule has 0 spiro atoms. The van der Waals surface area contributed by atoms with Gasteiger partial charge in [0.2, 0.25) is 0 Å². The molecule has 1 saturated heterocycles. The average molecular weight is 261 g/mol. The first-order chi connectivity index (χ1) is 9.34. The van der Waals surface area contributed by atoms with Crippen molar-refractivity contribution in [2.24, 2.45) is 0 Å². The van der Waals surface area contributed by atoms with Crippen molar-refractivity contribution in [3.63, 3.8) is 0 Å². The van der Waals surface area contributed by atoms with E-state index in [-0.39, 0.29) is 0 Å². The summed E-state index contributed by atoms with van der Waals surface area (Å²) in [6.45, 7) is 2.30. The molecule has 0 radical (unpaired) electrons. The SMILES string of the molecule is CC1CCCC(c2cncn2C2CCCCCC2)N1. The zero-order valence-electron chi connectivity index (χ0n) is 12.1. The number of piperidine rings is 1. The minimum Gasteiger partial charge on any atom is -0.330 e. The minimum atomic E-state index is 0.523. The Bertz CT molecular complexity index is 374. The standard InChI is InChI=1S/C16H27N3/c1-13-7-6-10-15(18-13)16-11-17-12-19(16)14-8-4-2-3-5-9-14/h11-15,18H,2-10H2,1H3. The Kier molecular flexibility index (Phi) is 4.21. The third kappa shape index (κ3) is 3.02. The van der Waals surface area contributed by atoms with E-state index < -0.39 is 0 Å². The first-order valence-electron chi connectivity index (χ1n) is 8.12. The first kappa shape index (κ1) is 13.2. The van der Waals surface area contributed by atoms with Gasteiger partial charge in [0.15, 0.2) is 0 Å². The maximum atomic E-state index is 4.45. The van der Waals surface area contributed by atoms with Crippen LogP contribution in [-0.2, 0) is 0 Å². The molecule has 0 amide bonds. The van der Waals surface area contributed by atoms with Gasteiger partial charge in [-0.3, -0.25) is 0 Å². The Morgan fingerprint density at radius 1 is 1.05 bits per heavy atom. The van der Waals surface area contributed by atoms with Crippen molar-refractivity contribution < 1.29 is 0 Å². The molecule has 3 nitrogen and oxygen atoms in total. The van der Waals surface area contributed by atoms with Gasteiger partial charge >= 0.3 is 0 Å². The van der Waals surface area contributed by atoms with Gasteiger partial charge in [0, 0.05) is 24.3 Å². The summed E-state index contributed by atoms with van der Waals surface area (Å²) in [6, 6.07) is 1.87. The molecule has 1 N–H and O–H groups in total. The molecule has 106 valence electrons. The van der Waals surface area contributed by atoms with E-state index in [4.69, 9.17) is 0 Å². The highest BCUT2D eigenvalue weighted by molar-refractivity contribution is 5.08. The molecule has 2 aliphatic rings. The summed E-state index contributed by atoms with van der Waals surface area (Å²) in [5.74, 6) is 0. The molecule has 0 bridgehead atoms. The normalized spacial score (nSPS) is 30.2. The molecule has 19 heavy (non-hydrogen) atoms. The van der Waals surface area contributed by atoms with E-state index in [9.17, 15) is 0 Å². The summed E-state index contributed by atoms with van der Waals surface area (Å²) in [5.41, 5.74) is 1.43. The van der Waals surface area contributed by atoms with Crippen molar-refractivity contribution in [1.82, 2.24) is 14.9 Å². The molecular weight excluding hydrogens is 234 g/mol. The molecule has 2 unspecified atom stereocenters. The second kappa shape index (κ2) is 6.08. The Hall–Kier alpha value is -0.830. The number of rotatable bonds is 2. The van der Waals surface area contributed by atoms with Crippen molar-refractivity contribution in [2.45, 2.75) is 82.8 Å². The van der Waals surface area contributed by atoms with Gasteiger partial charge in [0.05, 0.1) is 12.0 Å². The van der Waals surface area contributed by atoms with E-state index in [1.54, 1.807) is 0 Å². The molecule has 3 heteroatoms. The maximum Gasteiger partial charge on any atom is 0.0951 e. The monoisotopic (exact) mass is 261 g/mol. The summed E-state index contributed by atoms with van der Waals surface area (Å²) in [4.78, 5) is 4.45. The Morgan fingerprint density at radius 2 is 1.84 bits per heavy atom. The molecule has 1 aliphatic heterocycles. The van der Waals surface area contributed by atoms with Crippen LogP contribution in [0, 0.1) is 0 Å². The van der Waals surface area contributed by atoms with Gasteiger partial charge in [-0.05, 0) is 39.0 Å². The largest absolute Gasteiger partial charge is 0.330 e. The Labute approximate surface area is 116 Å². The third-order valence-corrected chi connectivity index (χ3v) is 4.89. The van der Waals surface area contributed by atoms with E-state index >= 15 is 0 Å². The van der Waals surface area contributed by atoms with Crippen LogP contribution in [0.25, 0.3) is 0 Å². The van der Waals surface area contributed by atoms with Crippen LogP contribution in [0.4, 0.5) is 0 Å². The third-order valence-electron chi connectivity index (χ3n) is 4.89. The predicted octanol–water partition coefficient (Wildman–Crippen LogP) is 3.98. The predicted molar refractivity (Wildman–Crippen MR) is 78.2 cm³/mol. The van der Waals surface area contributed by atoms with E-state index in [1.807, 2.05) is 0 Å². The van der Waals surface area contributed by atoms with Crippen molar-refractivity contribution in [3.8, 4) is 0 Å². The van der Waals surface area contributed by atoms with Crippen LogP contribution in [0.5, 0.6) is 0 Å². The smallest absolute Gasteiger partial charge is 0.0951 e.